The van der Waals surface area contributed by atoms with Crippen LogP contribution in [0.3, 0.4) is 0 Å². The average Bonchev–Trinajstić information content (AvgIpc) is 2.43. The third-order valence-corrected chi connectivity index (χ3v) is 3.87. The average molecular weight is 291 g/mol. The van der Waals surface area contributed by atoms with E-state index in [9.17, 15) is 12.8 Å². The van der Waals surface area contributed by atoms with Gasteiger partial charge in [0.05, 0.1) is 22.2 Å². The molecular weight excluding hydrogens is 281 g/mol. The summed E-state index contributed by atoms with van der Waals surface area (Å²) in [7, 11) is -3.98. The van der Waals surface area contributed by atoms with E-state index in [0.29, 0.717) is 0 Å². The number of nitriles is 1. The summed E-state index contributed by atoms with van der Waals surface area (Å²) in [5.74, 6) is -0.737. The first-order valence-electron chi connectivity index (χ1n) is 5.50. The Bertz CT molecular complexity index is 798. The fourth-order valence-electron chi connectivity index (χ4n) is 1.56. The summed E-state index contributed by atoms with van der Waals surface area (Å²) in [5, 5.41) is 8.76. The molecule has 0 saturated heterocycles. The van der Waals surface area contributed by atoms with E-state index >= 15 is 0 Å². The van der Waals surface area contributed by atoms with Crippen LogP contribution in [0, 0.1) is 17.1 Å². The zero-order valence-corrected chi connectivity index (χ0v) is 11.0. The first-order chi connectivity index (χ1) is 9.42. The van der Waals surface area contributed by atoms with Crippen LogP contribution in [-0.4, -0.2) is 8.42 Å². The molecule has 0 spiro atoms. The van der Waals surface area contributed by atoms with Gasteiger partial charge in [0.2, 0.25) is 0 Å². The second kappa shape index (κ2) is 5.19. The highest BCUT2D eigenvalue weighted by molar-refractivity contribution is 7.92. The first-order valence-corrected chi connectivity index (χ1v) is 6.99. The maximum Gasteiger partial charge on any atom is 0.262 e. The zero-order valence-electron chi connectivity index (χ0n) is 10.2. The quantitative estimate of drug-likeness (QED) is 0.846. The summed E-state index contributed by atoms with van der Waals surface area (Å²) in [4.78, 5) is -0.127. The number of anilines is 2. The highest BCUT2D eigenvalue weighted by Gasteiger charge is 2.16. The standard InChI is InChI=1S/C13H10FN3O2S/c14-12-5-4-10(16)7-13(12)17-20(18,19)11-3-1-2-9(6-11)8-15/h1-7,17H,16H2. The number of hydrogen-bond acceptors (Lipinski definition) is 4. The molecule has 2 aromatic rings. The van der Waals surface area contributed by atoms with E-state index in [2.05, 4.69) is 4.72 Å². The van der Waals surface area contributed by atoms with Crippen LogP contribution in [-0.2, 0) is 10.0 Å². The molecule has 3 N–H and O–H groups in total. The topological polar surface area (TPSA) is 96.0 Å². The maximum atomic E-state index is 13.5. The first kappa shape index (κ1) is 13.8. The van der Waals surface area contributed by atoms with Gasteiger partial charge in [-0.2, -0.15) is 5.26 Å². The third-order valence-electron chi connectivity index (χ3n) is 2.51. The van der Waals surface area contributed by atoms with Crippen molar-refractivity contribution in [1.82, 2.24) is 0 Å². The van der Waals surface area contributed by atoms with Crippen LogP contribution in [0.15, 0.2) is 47.4 Å². The van der Waals surface area contributed by atoms with Crippen molar-refractivity contribution in [3.8, 4) is 6.07 Å². The Morgan fingerprint density at radius 2 is 1.95 bits per heavy atom. The minimum Gasteiger partial charge on any atom is -0.399 e. The van der Waals surface area contributed by atoms with E-state index in [0.717, 1.165) is 6.07 Å². The lowest BCUT2D eigenvalue weighted by molar-refractivity contribution is 0.598. The number of rotatable bonds is 3. The van der Waals surface area contributed by atoms with Crippen LogP contribution in [0.4, 0.5) is 15.8 Å². The van der Waals surface area contributed by atoms with Crippen LogP contribution in [0.1, 0.15) is 5.56 Å². The summed E-state index contributed by atoms with van der Waals surface area (Å²) in [6.07, 6.45) is 0. The van der Waals surface area contributed by atoms with Crippen molar-refractivity contribution in [2.24, 2.45) is 0 Å². The summed E-state index contributed by atoms with van der Waals surface area (Å²) in [6.45, 7) is 0. The molecule has 0 atom stereocenters. The fourth-order valence-corrected chi connectivity index (χ4v) is 2.66. The Morgan fingerprint density at radius 1 is 1.20 bits per heavy atom. The number of nitrogens with one attached hydrogen (secondary N) is 1. The van der Waals surface area contributed by atoms with Crippen molar-refractivity contribution in [1.29, 1.82) is 5.26 Å². The molecular formula is C13H10FN3O2S. The molecule has 2 rings (SSSR count). The molecule has 0 fully saturated rings. The monoisotopic (exact) mass is 291 g/mol. The molecule has 0 amide bonds. The summed E-state index contributed by atoms with van der Waals surface area (Å²) in [6, 6.07) is 10.8. The van der Waals surface area contributed by atoms with Crippen LogP contribution < -0.4 is 10.5 Å². The second-order valence-electron chi connectivity index (χ2n) is 3.98. The van der Waals surface area contributed by atoms with E-state index in [-0.39, 0.29) is 21.8 Å². The third kappa shape index (κ3) is 2.87. The van der Waals surface area contributed by atoms with Crippen LogP contribution in [0.2, 0.25) is 0 Å². The molecule has 0 aliphatic rings. The minimum absolute atomic E-state index is 0.127. The van der Waals surface area contributed by atoms with Gasteiger partial charge in [-0.05, 0) is 36.4 Å². The lowest BCUT2D eigenvalue weighted by Gasteiger charge is -2.09. The van der Waals surface area contributed by atoms with Gasteiger partial charge in [0, 0.05) is 5.69 Å². The van der Waals surface area contributed by atoms with E-state index in [1.165, 1.54) is 36.4 Å². The van der Waals surface area contributed by atoms with E-state index < -0.39 is 15.8 Å². The van der Waals surface area contributed by atoms with Gasteiger partial charge in [-0.25, -0.2) is 12.8 Å². The predicted molar refractivity (Wildman–Crippen MR) is 72.8 cm³/mol. The predicted octanol–water partition coefficient (Wildman–Crippen LogP) is 2.08. The number of nitrogens with zero attached hydrogens (tertiary/aromatic N) is 1. The van der Waals surface area contributed by atoms with Gasteiger partial charge in [0.25, 0.3) is 10.0 Å². The van der Waals surface area contributed by atoms with Gasteiger partial charge in [-0.15, -0.1) is 0 Å². The van der Waals surface area contributed by atoms with Crippen LogP contribution in [0.25, 0.3) is 0 Å². The van der Waals surface area contributed by atoms with Gasteiger partial charge in [0.15, 0.2) is 0 Å². The number of halogens is 1. The normalized spacial score (nSPS) is 10.8. The van der Waals surface area contributed by atoms with Gasteiger partial charge in [0.1, 0.15) is 5.82 Å². The highest BCUT2D eigenvalue weighted by atomic mass is 32.2. The molecule has 102 valence electrons. The lowest BCUT2D eigenvalue weighted by Crippen LogP contribution is -2.14. The number of benzene rings is 2. The molecule has 0 aliphatic carbocycles. The lowest BCUT2D eigenvalue weighted by atomic mass is 10.2. The maximum absolute atomic E-state index is 13.5. The summed E-state index contributed by atoms with van der Waals surface area (Å²) in [5.41, 5.74) is 5.67. The largest absolute Gasteiger partial charge is 0.399 e. The van der Waals surface area contributed by atoms with Crippen LogP contribution >= 0.6 is 0 Å². The van der Waals surface area contributed by atoms with Gasteiger partial charge in [-0.3, -0.25) is 4.72 Å². The van der Waals surface area contributed by atoms with E-state index in [1.807, 2.05) is 6.07 Å². The van der Waals surface area contributed by atoms with E-state index in [1.54, 1.807) is 0 Å². The molecule has 0 heterocycles. The summed E-state index contributed by atoms with van der Waals surface area (Å²) < 4.78 is 39.8. The number of sulfonamides is 1. The molecule has 0 aromatic heterocycles. The zero-order chi connectivity index (χ0) is 14.8. The van der Waals surface area contributed by atoms with Crippen molar-refractivity contribution >= 4 is 21.4 Å². The SMILES string of the molecule is N#Cc1cccc(S(=O)(=O)Nc2cc(N)ccc2F)c1. The van der Waals surface area contributed by atoms with Crippen molar-refractivity contribution in [2.75, 3.05) is 10.5 Å². The molecule has 0 radical (unpaired) electrons. The van der Waals surface area contributed by atoms with Crippen LogP contribution in [0.5, 0.6) is 0 Å². The van der Waals surface area contributed by atoms with Crippen molar-refractivity contribution in [3.63, 3.8) is 0 Å². The Hall–Kier alpha value is -2.59. The fraction of sp³-hybridized carbons (Fsp3) is 0. The molecule has 20 heavy (non-hydrogen) atoms. The number of nitrogens with two attached hydrogens (primary N) is 1. The Morgan fingerprint density at radius 3 is 2.65 bits per heavy atom. The van der Waals surface area contributed by atoms with Gasteiger partial charge >= 0.3 is 0 Å². The highest BCUT2D eigenvalue weighted by Crippen LogP contribution is 2.21. The Kier molecular flexibility index (Phi) is 3.59. The van der Waals surface area contributed by atoms with Gasteiger partial charge < -0.3 is 5.73 Å². The van der Waals surface area contributed by atoms with Gasteiger partial charge in [-0.1, -0.05) is 6.07 Å². The second-order valence-corrected chi connectivity index (χ2v) is 5.67. The molecule has 0 unspecified atom stereocenters. The Labute approximate surface area is 115 Å². The van der Waals surface area contributed by atoms with Crippen molar-refractivity contribution < 1.29 is 12.8 Å². The number of hydrogen-bond donors (Lipinski definition) is 2. The number of nitrogen functional groups attached to an aromatic ring is 1. The molecule has 0 saturated carbocycles. The molecule has 7 heteroatoms. The molecule has 5 nitrogen and oxygen atoms in total. The minimum atomic E-state index is -3.98. The molecule has 0 bridgehead atoms. The van der Waals surface area contributed by atoms with E-state index in [4.69, 9.17) is 11.0 Å². The van der Waals surface area contributed by atoms with Crippen molar-refractivity contribution in [2.45, 2.75) is 4.90 Å². The molecule has 2 aromatic carbocycles. The molecule has 0 aliphatic heterocycles. The smallest absolute Gasteiger partial charge is 0.262 e. The van der Waals surface area contributed by atoms with Crippen molar-refractivity contribution in [3.05, 3.63) is 53.8 Å². The summed E-state index contributed by atoms with van der Waals surface area (Å²) >= 11 is 0. The Balaban J connectivity index is 2.41.